The van der Waals surface area contributed by atoms with E-state index in [0.29, 0.717) is 12.3 Å². The molecule has 2 aromatic carbocycles. The summed E-state index contributed by atoms with van der Waals surface area (Å²) in [5.41, 5.74) is 1.86. The Hall–Kier alpha value is -2.66. The predicted molar refractivity (Wildman–Crippen MR) is 96.5 cm³/mol. The van der Waals surface area contributed by atoms with Gasteiger partial charge in [0.1, 0.15) is 5.75 Å². The monoisotopic (exact) mass is 338 g/mol. The molecule has 1 N–H and O–H groups in total. The summed E-state index contributed by atoms with van der Waals surface area (Å²) < 4.78 is 5.55. The summed E-state index contributed by atoms with van der Waals surface area (Å²) in [5, 5.41) is 15.8. The van der Waals surface area contributed by atoms with Gasteiger partial charge >= 0.3 is 0 Å². The molecule has 1 amide bonds. The number of benzene rings is 2. The molecule has 1 heterocycles. The second-order valence-electron chi connectivity index (χ2n) is 6.55. The summed E-state index contributed by atoms with van der Waals surface area (Å²) in [4.78, 5) is 12.3. The smallest absolute Gasteiger partial charge is 0.280 e. The largest absolute Gasteiger partial charge is 0.484 e. The molecule has 0 aliphatic carbocycles. The van der Waals surface area contributed by atoms with Gasteiger partial charge in [0.25, 0.3) is 5.91 Å². The van der Waals surface area contributed by atoms with Crippen LogP contribution in [-0.4, -0.2) is 34.9 Å². The highest BCUT2D eigenvalue weighted by atomic mass is 16.5. The first-order valence-corrected chi connectivity index (χ1v) is 8.32. The maximum atomic E-state index is 12.3. The third-order valence-corrected chi connectivity index (χ3v) is 4.12. The van der Waals surface area contributed by atoms with Crippen molar-refractivity contribution >= 4 is 11.6 Å². The molecule has 0 aromatic heterocycles. The van der Waals surface area contributed by atoms with Gasteiger partial charge < -0.3 is 9.84 Å². The molecule has 0 radical (unpaired) electrons. The molecular weight excluding hydrogens is 316 g/mol. The fourth-order valence-electron chi connectivity index (χ4n) is 2.65. The number of carbonyl (C=O) groups excluding carboxylic acids is 1. The van der Waals surface area contributed by atoms with E-state index in [1.807, 2.05) is 30.3 Å². The lowest BCUT2D eigenvalue weighted by Gasteiger charge is -2.18. The van der Waals surface area contributed by atoms with Crippen LogP contribution in [0.3, 0.4) is 0 Å². The third-order valence-electron chi connectivity index (χ3n) is 4.12. The fraction of sp³-hybridized carbons (Fsp3) is 0.300. The first-order valence-electron chi connectivity index (χ1n) is 8.32. The number of hydrogen-bond acceptors (Lipinski definition) is 4. The first kappa shape index (κ1) is 17.2. The maximum Gasteiger partial charge on any atom is 0.280 e. The topological polar surface area (TPSA) is 62.1 Å². The number of hydrazone groups is 1. The van der Waals surface area contributed by atoms with Crippen molar-refractivity contribution in [2.75, 3.05) is 13.2 Å². The Bertz CT molecular complexity index is 762. The Morgan fingerprint density at radius 1 is 1.16 bits per heavy atom. The zero-order valence-corrected chi connectivity index (χ0v) is 14.5. The highest BCUT2D eigenvalue weighted by molar-refractivity contribution is 6.02. The molecule has 0 saturated heterocycles. The third kappa shape index (κ3) is 4.25. The maximum absolute atomic E-state index is 12.3. The molecular formula is C20H22N2O3. The van der Waals surface area contributed by atoms with Gasteiger partial charge in [-0.15, -0.1) is 0 Å². The molecule has 5 heteroatoms. The van der Waals surface area contributed by atoms with Crippen LogP contribution in [0.15, 0.2) is 59.7 Å². The van der Waals surface area contributed by atoms with E-state index in [-0.39, 0.29) is 12.5 Å². The van der Waals surface area contributed by atoms with E-state index in [0.717, 1.165) is 23.3 Å². The Morgan fingerprint density at radius 3 is 2.48 bits per heavy atom. The van der Waals surface area contributed by atoms with Crippen molar-refractivity contribution in [3.8, 4) is 5.75 Å². The molecule has 130 valence electrons. The van der Waals surface area contributed by atoms with Crippen LogP contribution in [0.4, 0.5) is 0 Å². The number of amides is 1. The lowest BCUT2D eigenvalue weighted by molar-refractivity contribution is -0.132. The van der Waals surface area contributed by atoms with E-state index < -0.39 is 5.60 Å². The molecule has 0 atom stereocenters. The van der Waals surface area contributed by atoms with E-state index >= 15 is 0 Å². The minimum Gasteiger partial charge on any atom is -0.484 e. The van der Waals surface area contributed by atoms with Crippen molar-refractivity contribution in [1.82, 2.24) is 5.01 Å². The number of carbonyl (C=O) groups is 1. The molecule has 0 unspecified atom stereocenters. The van der Waals surface area contributed by atoms with Gasteiger partial charge in [0.15, 0.2) is 6.61 Å². The number of ether oxygens (including phenoxy) is 1. The summed E-state index contributed by atoms with van der Waals surface area (Å²) in [5.74, 6) is 0.422. The number of nitrogens with zero attached hydrogens (tertiary/aromatic N) is 2. The van der Waals surface area contributed by atoms with E-state index in [4.69, 9.17) is 4.74 Å². The van der Waals surface area contributed by atoms with Gasteiger partial charge in [-0.05, 0) is 37.1 Å². The molecule has 0 spiro atoms. The van der Waals surface area contributed by atoms with Crippen molar-refractivity contribution in [2.24, 2.45) is 5.10 Å². The minimum absolute atomic E-state index is 0.0621. The SMILES string of the molecule is CC(C)(O)c1ccc(OCC(=O)N2CCC(c3ccccc3)=N2)cc1. The van der Waals surface area contributed by atoms with Gasteiger partial charge in [0.05, 0.1) is 17.9 Å². The van der Waals surface area contributed by atoms with Gasteiger partial charge in [-0.3, -0.25) is 4.79 Å². The van der Waals surface area contributed by atoms with Gasteiger partial charge in [0.2, 0.25) is 0 Å². The van der Waals surface area contributed by atoms with Crippen LogP contribution in [-0.2, 0) is 10.4 Å². The molecule has 3 rings (SSSR count). The Labute approximate surface area is 147 Å². The lowest BCUT2D eigenvalue weighted by atomic mass is 9.99. The van der Waals surface area contributed by atoms with Crippen LogP contribution in [0.5, 0.6) is 5.75 Å². The second-order valence-corrected chi connectivity index (χ2v) is 6.55. The molecule has 1 aliphatic rings. The number of aliphatic hydroxyl groups is 1. The lowest BCUT2D eigenvalue weighted by Crippen LogP contribution is -2.28. The standard InChI is InChI=1S/C20H22N2O3/c1-20(2,24)16-8-10-17(11-9-16)25-14-19(23)22-13-12-18(21-22)15-6-4-3-5-7-15/h3-11,24H,12-14H2,1-2H3. The molecule has 0 saturated carbocycles. The molecule has 0 bridgehead atoms. The second kappa shape index (κ2) is 7.07. The fourth-order valence-corrected chi connectivity index (χ4v) is 2.65. The van der Waals surface area contributed by atoms with Crippen LogP contribution in [0.25, 0.3) is 0 Å². The predicted octanol–water partition coefficient (Wildman–Crippen LogP) is 2.93. The highest BCUT2D eigenvalue weighted by Gasteiger charge is 2.22. The van der Waals surface area contributed by atoms with E-state index in [9.17, 15) is 9.90 Å². The number of hydrogen-bond donors (Lipinski definition) is 1. The Balaban J connectivity index is 1.57. The highest BCUT2D eigenvalue weighted by Crippen LogP contribution is 2.22. The van der Waals surface area contributed by atoms with E-state index in [2.05, 4.69) is 5.10 Å². The Kier molecular flexibility index (Phi) is 4.86. The van der Waals surface area contributed by atoms with Crippen molar-refractivity contribution in [3.63, 3.8) is 0 Å². The van der Waals surface area contributed by atoms with Crippen molar-refractivity contribution in [3.05, 3.63) is 65.7 Å². The zero-order chi connectivity index (χ0) is 17.9. The average molecular weight is 338 g/mol. The molecule has 2 aromatic rings. The summed E-state index contributed by atoms with van der Waals surface area (Å²) in [6.45, 7) is 3.96. The van der Waals surface area contributed by atoms with Crippen LogP contribution in [0, 0.1) is 0 Å². The van der Waals surface area contributed by atoms with Crippen LogP contribution in [0.2, 0.25) is 0 Å². The number of rotatable bonds is 5. The first-order chi connectivity index (χ1) is 11.9. The van der Waals surface area contributed by atoms with Crippen LogP contribution < -0.4 is 4.74 Å². The summed E-state index contributed by atoms with van der Waals surface area (Å²) in [6.07, 6.45) is 0.746. The van der Waals surface area contributed by atoms with Crippen molar-refractivity contribution in [1.29, 1.82) is 0 Å². The molecule has 25 heavy (non-hydrogen) atoms. The van der Waals surface area contributed by atoms with Gasteiger partial charge in [-0.1, -0.05) is 42.5 Å². The summed E-state index contributed by atoms with van der Waals surface area (Å²) in [6, 6.07) is 17.0. The quantitative estimate of drug-likeness (QED) is 0.912. The van der Waals surface area contributed by atoms with Crippen molar-refractivity contribution in [2.45, 2.75) is 25.9 Å². The molecule has 1 aliphatic heterocycles. The van der Waals surface area contributed by atoms with Crippen LogP contribution >= 0.6 is 0 Å². The average Bonchev–Trinajstić information content (AvgIpc) is 3.10. The summed E-state index contributed by atoms with van der Waals surface area (Å²) >= 11 is 0. The van der Waals surface area contributed by atoms with Gasteiger partial charge in [-0.25, -0.2) is 5.01 Å². The zero-order valence-electron chi connectivity index (χ0n) is 14.5. The van der Waals surface area contributed by atoms with E-state index in [1.165, 1.54) is 5.01 Å². The van der Waals surface area contributed by atoms with Gasteiger partial charge in [0, 0.05) is 6.42 Å². The summed E-state index contributed by atoms with van der Waals surface area (Å²) in [7, 11) is 0. The van der Waals surface area contributed by atoms with E-state index in [1.54, 1.807) is 38.1 Å². The van der Waals surface area contributed by atoms with Gasteiger partial charge in [-0.2, -0.15) is 5.10 Å². The normalized spacial score (nSPS) is 14.4. The Morgan fingerprint density at radius 2 is 1.84 bits per heavy atom. The molecule has 5 nitrogen and oxygen atoms in total. The van der Waals surface area contributed by atoms with Crippen molar-refractivity contribution < 1.29 is 14.6 Å². The minimum atomic E-state index is -0.896. The molecule has 0 fully saturated rings. The van der Waals surface area contributed by atoms with Crippen LogP contribution in [0.1, 0.15) is 31.4 Å².